The lowest BCUT2D eigenvalue weighted by Gasteiger charge is -2.45. The normalized spacial score (nSPS) is 12.6. The summed E-state index contributed by atoms with van der Waals surface area (Å²) in [5.74, 6) is 3.31. The van der Waals surface area contributed by atoms with Gasteiger partial charge < -0.3 is 29.1 Å². The van der Waals surface area contributed by atoms with Crippen molar-refractivity contribution in [1.29, 1.82) is 0 Å². The Bertz CT molecular complexity index is 4990. The van der Waals surface area contributed by atoms with E-state index in [1.54, 1.807) is 0 Å². The molecule has 0 fully saturated rings. The van der Waals surface area contributed by atoms with Crippen molar-refractivity contribution in [1.82, 2.24) is 0 Å². The Morgan fingerprint density at radius 3 is 0.796 bits per heavy atom. The van der Waals surface area contributed by atoms with Gasteiger partial charge in [-0.3, -0.25) is 0 Å². The molecule has 6 nitrogen and oxygen atoms in total. The van der Waals surface area contributed by atoms with Crippen LogP contribution in [0.3, 0.4) is 0 Å². The summed E-state index contributed by atoms with van der Waals surface area (Å²) in [7, 11) is 0. The third-order valence-corrected chi connectivity index (χ3v) is 19.9. The van der Waals surface area contributed by atoms with Gasteiger partial charge in [0.15, 0.2) is 0 Å². The molecule has 458 valence electrons. The van der Waals surface area contributed by atoms with Gasteiger partial charge in [0.1, 0.15) is 23.0 Å². The standard InChI is InChI=1S/C90H60B2N4O2/c1-7-23-61(24-8-1)65-39-47-71(48-40-65)93(72-49-41-66(42-50-72)62-25-9-2-10-26-62)75-55-83-89-87(57-75)97-85-37-21-19-35-77(85)91(89)79-59-80-82(60-81(79)95(83)69-31-15-5-16-32-69)96(70-33-17-6-18-34-70)84-56-76(58-88-90(84)92(80)78-36-20-22-38-86(78)98-88)94(73-51-43-67(44-52-73)63-27-11-3-12-28-63)74-53-45-68(46-54-74)64-29-13-4-14-30-64/h1-60H. The van der Waals surface area contributed by atoms with Crippen molar-refractivity contribution in [2.45, 2.75) is 0 Å². The predicted molar refractivity (Wildman–Crippen MR) is 409 cm³/mol. The minimum atomic E-state index is -0.207. The molecule has 0 radical (unpaired) electrons. The lowest BCUT2D eigenvalue weighted by molar-refractivity contribution is 0.487. The molecule has 15 aromatic carbocycles. The smallest absolute Gasteiger partial charge is 0.256 e. The Hall–Kier alpha value is -12.8. The maximum atomic E-state index is 7.35. The lowest BCUT2D eigenvalue weighted by Crippen LogP contribution is -2.63. The summed E-state index contributed by atoms with van der Waals surface area (Å²) < 4.78 is 14.7. The summed E-state index contributed by atoms with van der Waals surface area (Å²) >= 11 is 0. The van der Waals surface area contributed by atoms with E-state index in [-0.39, 0.29) is 13.4 Å². The summed E-state index contributed by atoms with van der Waals surface area (Å²) in [5.41, 5.74) is 28.5. The Kier molecular flexibility index (Phi) is 13.7. The van der Waals surface area contributed by atoms with Gasteiger partial charge in [-0.25, -0.2) is 0 Å². The number of ether oxygens (including phenoxy) is 2. The fourth-order valence-electron chi connectivity index (χ4n) is 15.5. The molecule has 19 rings (SSSR count). The minimum Gasteiger partial charge on any atom is -0.458 e. The Balaban J connectivity index is 0.837. The van der Waals surface area contributed by atoms with Crippen molar-refractivity contribution in [3.63, 3.8) is 0 Å². The molecule has 0 aliphatic carbocycles. The van der Waals surface area contributed by atoms with Crippen molar-refractivity contribution in [3.8, 4) is 67.5 Å². The first-order valence-electron chi connectivity index (χ1n) is 33.6. The molecule has 0 amide bonds. The number of nitrogens with zero attached hydrogens (tertiary/aromatic N) is 4. The summed E-state index contributed by atoms with van der Waals surface area (Å²) in [6, 6.07) is 132. The van der Waals surface area contributed by atoms with Gasteiger partial charge in [-0.05, 0) is 180 Å². The van der Waals surface area contributed by atoms with Crippen molar-refractivity contribution in [2.24, 2.45) is 0 Å². The molecule has 0 saturated heterocycles. The highest BCUT2D eigenvalue weighted by molar-refractivity contribution is 7.02. The van der Waals surface area contributed by atoms with Crippen molar-refractivity contribution >= 4 is 114 Å². The van der Waals surface area contributed by atoms with Crippen LogP contribution in [0.15, 0.2) is 364 Å². The average molecular weight is 1250 g/mol. The molecule has 0 saturated carbocycles. The highest BCUT2D eigenvalue weighted by Gasteiger charge is 2.48. The van der Waals surface area contributed by atoms with Gasteiger partial charge in [0, 0.05) is 69.0 Å². The maximum absolute atomic E-state index is 7.35. The zero-order chi connectivity index (χ0) is 64.6. The molecule has 8 heteroatoms. The van der Waals surface area contributed by atoms with Crippen LogP contribution in [-0.2, 0) is 0 Å². The topological polar surface area (TPSA) is 31.4 Å². The van der Waals surface area contributed by atoms with Gasteiger partial charge in [0.2, 0.25) is 0 Å². The predicted octanol–water partition coefficient (Wildman–Crippen LogP) is 20.1. The molecular weight excluding hydrogens is 1190 g/mol. The second kappa shape index (κ2) is 23.6. The first-order chi connectivity index (χ1) is 48.6. The number of para-hydroxylation sites is 4. The van der Waals surface area contributed by atoms with Gasteiger partial charge in [0.25, 0.3) is 13.4 Å². The molecule has 0 aromatic heterocycles. The Morgan fingerprint density at radius 2 is 0.480 bits per heavy atom. The number of benzene rings is 15. The van der Waals surface area contributed by atoms with Crippen LogP contribution in [-0.4, -0.2) is 13.4 Å². The SMILES string of the molecule is c1ccc(-c2ccc(N(c3ccc(-c4ccccc4)cc3)c3cc4c5c(c3)N(c3ccccc3)c3cc6c(cc3B5c3ccccc3O4)B3c4ccccc4Oc4cc(N(c5ccc(-c7ccccc7)cc5)c5ccc(-c7ccccc7)cc5)cc(c43)N6c3ccccc3)cc2)cc1. The van der Waals surface area contributed by atoms with Crippen LogP contribution in [0, 0.1) is 0 Å². The van der Waals surface area contributed by atoms with E-state index in [1.165, 1.54) is 33.2 Å². The second-order valence-corrected chi connectivity index (χ2v) is 25.5. The van der Waals surface area contributed by atoms with Crippen LogP contribution in [0.25, 0.3) is 44.5 Å². The van der Waals surface area contributed by atoms with Gasteiger partial charge in [-0.2, -0.15) is 0 Å². The van der Waals surface area contributed by atoms with Crippen molar-refractivity contribution in [3.05, 3.63) is 364 Å². The van der Waals surface area contributed by atoms with E-state index in [2.05, 4.69) is 384 Å². The Labute approximate surface area is 571 Å². The van der Waals surface area contributed by atoms with Gasteiger partial charge in [-0.15, -0.1) is 0 Å². The van der Waals surface area contributed by atoms with E-state index in [0.29, 0.717) is 0 Å². The lowest BCUT2D eigenvalue weighted by atomic mass is 9.31. The number of rotatable bonds is 12. The number of fused-ring (bicyclic) bond motifs is 8. The molecule has 0 N–H and O–H groups in total. The van der Waals surface area contributed by atoms with Gasteiger partial charge in [-0.1, -0.05) is 249 Å². The fraction of sp³-hybridized carbons (Fsp3) is 0. The molecule has 0 bridgehead atoms. The second-order valence-electron chi connectivity index (χ2n) is 25.5. The van der Waals surface area contributed by atoms with E-state index in [1.807, 2.05) is 0 Å². The van der Waals surface area contributed by atoms with Crippen LogP contribution in [0.1, 0.15) is 0 Å². The van der Waals surface area contributed by atoms with Crippen LogP contribution in [0.4, 0.5) is 68.2 Å². The van der Waals surface area contributed by atoms with Crippen molar-refractivity contribution < 1.29 is 9.47 Å². The van der Waals surface area contributed by atoms with Gasteiger partial charge in [0.05, 0.1) is 11.4 Å². The molecule has 15 aromatic rings. The minimum absolute atomic E-state index is 0.207. The van der Waals surface area contributed by atoms with Gasteiger partial charge >= 0.3 is 0 Å². The number of anilines is 12. The van der Waals surface area contributed by atoms with Crippen LogP contribution >= 0.6 is 0 Å². The summed E-state index contributed by atoms with van der Waals surface area (Å²) in [6.07, 6.45) is 0. The van der Waals surface area contributed by atoms with E-state index < -0.39 is 0 Å². The summed E-state index contributed by atoms with van der Waals surface area (Å²) in [6.45, 7) is -0.414. The number of hydrogen-bond donors (Lipinski definition) is 0. The van der Waals surface area contributed by atoms with Crippen LogP contribution < -0.4 is 61.9 Å². The summed E-state index contributed by atoms with van der Waals surface area (Å²) in [5, 5.41) is 0. The first-order valence-corrected chi connectivity index (χ1v) is 33.6. The van der Waals surface area contributed by atoms with E-state index in [4.69, 9.17) is 9.47 Å². The summed E-state index contributed by atoms with van der Waals surface area (Å²) in [4.78, 5) is 9.77. The highest BCUT2D eigenvalue weighted by Crippen LogP contribution is 2.51. The van der Waals surface area contributed by atoms with Crippen LogP contribution in [0.5, 0.6) is 23.0 Å². The maximum Gasteiger partial charge on any atom is 0.256 e. The Morgan fingerprint density at radius 1 is 0.204 bits per heavy atom. The molecular formula is C90H60B2N4O2. The zero-order valence-corrected chi connectivity index (χ0v) is 53.4. The molecule has 0 spiro atoms. The van der Waals surface area contributed by atoms with Crippen LogP contribution in [0.2, 0.25) is 0 Å². The third-order valence-electron chi connectivity index (χ3n) is 19.9. The monoisotopic (exact) mass is 1250 g/mol. The quantitative estimate of drug-likeness (QED) is 0.113. The largest absolute Gasteiger partial charge is 0.458 e. The molecule has 0 atom stereocenters. The average Bonchev–Trinajstić information content (AvgIpc) is 0.691. The molecule has 4 aliphatic rings. The molecule has 0 unspecified atom stereocenters. The van der Waals surface area contributed by atoms with E-state index >= 15 is 0 Å². The molecule has 4 aliphatic heterocycles. The number of hydrogen-bond acceptors (Lipinski definition) is 6. The molecule has 98 heavy (non-hydrogen) atoms. The zero-order valence-electron chi connectivity index (χ0n) is 53.4. The first kappa shape index (κ1) is 56.7. The third kappa shape index (κ3) is 9.67. The fourth-order valence-corrected chi connectivity index (χ4v) is 15.5. The highest BCUT2D eigenvalue weighted by atomic mass is 16.5. The molecule has 4 heterocycles. The van der Waals surface area contributed by atoms with E-state index in [0.717, 1.165) is 135 Å². The van der Waals surface area contributed by atoms with Crippen molar-refractivity contribution in [2.75, 3.05) is 19.6 Å². The van der Waals surface area contributed by atoms with E-state index in [9.17, 15) is 0 Å².